The average molecular weight is 149 g/mol. The third-order valence-corrected chi connectivity index (χ3v) is 2.76. The Morgan fingerprint density at radius 1 is 1.78 bits per heavy atom. The maximum absolute atomic E-state index is 10.9. The number of hydrogen-bond donors (Lipinski definition) is 2. The van der Waals surface area contributed by atoms with Crippen molar-refractivity contribution < 1.29 is 9.66 Å². The van der Waals surface area contributed by atoms with Crippen LogP contribution in [0.4, 0.5) is 0 Å². The van der Waals surface area contributed by atoms with E-state index in [1.807, 2.05) is 0 Å². The van der Waals surface area contributed by atoms with E-state index >= 15 is 0 Å². The highest BCUT2D eigenvalue weighted by Gasteiger charge is 2.35. The molecule has 0 bridgehead atoms. The van der Waals surface area contributed by atoms with Gasteiger partial charge in [-0.25, -0.2) is 0 Å². The van der Waals surface area contributed by atoms with Gasteiger partial charge in [0.15, 0.2) is 0 Å². The summed E-state index contributed by atoms with van der Waals surface area (Å²) < 4.78 is 13.4. The first-order valence-electron chi connectivity index (χ1n) is 3.05. The van der Waals surface area contributed by atoms with Gasteiger partial charge in [0.1, 0.15) is 11.5 Å². The van der Waals surface area contributed by atoms with Gasteiger partial charge in [-0.15, -0.1) is 4.72 Å². The molecule has 0 aromatic rings. The van der Waals surface area contributed by atoms with Crippen molar-refractivity contribution in [2.24, 2.45) is 0 Å². The highest BCUT2D eigenvalue weighted by Crippen LogP contribution is 2.27. The monoisotopic (exact) mass is 149 g/mol. The zero-order valence-corrected chi connectivity index (χ0v) is 6.15. The second kappa shape index (κ2) is 2.88. The normalized spacial score (nSPS) is 25.7. The van der Waals surface area contributed by atoms with E-state index in [1.165, 1.54) is 0 Å². The van der Waals surface area contributed by atoms with Gasteiger partial charge in [-0.2, -0.15) is 0 Å². The molecule has 0 spiro atoms. The SMILES string of the molecule is C[C@H](O)N[S@+]([O-])C1CC1. The summed E-state index contributed by atoms with van der Waals surface area (Å²) in [6, 6.07) is 0. The first kappa shape index (κ1) is 7.34. The topological polar surface area (TPSA) is 55.3 Å². The first-order valence-corrected chi connectivity index (χ1v) is 4.26. The molecule has 0 unspecified atom stereocenters. The highest BCUT2D eigenvalue weighted by molar-refractivity contribution is 7.90. The van der Waals surface area contributed by atoms with Gasteiger partial charge < -0.3 is 9.66 Å². The van der Waals surface area contributed by atoms with Crippen molar-refractivity contribution >= 4 is 11.4 Å². The van der Waals surface area contributed by atoms with Crippen molar-refractivity contribution in [3.05, 3.63) is 0 Å². The number of nitrogens with one attached hydrogen (secondary N) is 1. The van der Waals surface area contributed by atoms with E-state index in [1.54, 1.807) is 6.92 Å². The Labute approximate surface area is 57.8 Å². The van der Waals surface area contributed by atoms with Crippen molar-refractivity contribution in [1.82, 2.24) is 4.72 Å². The minimum Gasteiger partial charge on any atom is -0.598 e. The van der Waals surface area contributed by atoms with Gasteiger partial charge in [-0.05, 0) is 6.92 Å². The van der Waals surface area contributed by atoms with Gasteiger partial charge in [0.05, 0.1) is 0 Å². The van der Waals surface area contributed by atoms with E-state index in [9.17, 15) is 4.55 Å². The number of hydrogen-bond acceptors (Lipinski definition) is 3. The molecule has 9 heavy (non-hydrogen) atoms. The van der Waals surface area contributed by atoms with Crippen LogP contribution in [0, 0.1) is 0 Å². The van der Waals surface area contributed by atoms with E-state index < -0.39 is 17.6 Å². The Balaban J connectivity index is 2.10. The van der Waals surface area contributed by atoms with Crippen LogP contribution in [0.1, 0.15) is 19.8 Å². The minimum absolute atomic E-state index is 0.305. The fraction of sp³-hybridized carbons (Fsp3) is 1.00. The zero-order chi connectivity index (χ0) is 6.85. The van der Waals surface area contributed by atoms with Crippen molar-refractivity contribution in [3.63, 3.8) is 0 Å². The minimum atomic E-state index is -0.991. The summed E-state index contributed by atoms with van der Waals surface area (Å²) in [6.45, 7) is 1.57. The van der Waals surface area contributed by atoms with Crippen LogP contribution in [0.3, 0.4) is 0 Å². The second-order valence-electron chi connectivity index (χ2n) is 2.29. The Morgan fingerprint density at radius 3 is 2.67 bits per heavy atom. The lowest BCUT2D eigenvalue weighted by molar-refractivity contribution is 0.183. The zero-order valence-electron chi connectivity index (χ0n) is 5.33. The lowest BCUT2D eigenvalue weighted by Crippen LogP contribution is -2.34. The molecule has 0 amide bonds. The van der Waals surface area contributed by atoms with Gasteiger partial charge in [0.25, 0.3) is 0 Å². The Bertz CT molecular complexity index is 95.0. The summed E-state index contributed by atoms with van der Waals surface area (Å²) in [5.74, 6) is 0. The van der Waals surface area contributed by atoms with E-state index in [2.05, 4.69) is 4.72 Å². The fourth-order valence-corrected chi connectivity index (χ4v) is 1.64. The van der Waals surface area contributed by atoms with E-state index in [0.717, 1.165) is 12.8 Å². The average Bonchev–Trinajstić information content (AvgIpc) is 2.40. The molecular weight excluding hydrogens is 138 g/mol. The van der Waals surface area contributed by atoms with Gasteiger partial charge in [-0.3, -0.25) is 0 Å². The quantitative estimate of drug-likeness (QED) is 0.429. The van der Waals surface area contributed by atoms with E-state index in [4.69, 9.17) is 5.11 Å². The molecule has 0 saturated heterocycles. The molecular formula is C5H11NO2S. The number of aliphatic hydroxyl groups excluding tert-OH is 1. The van der Waals surface area contributed by atoms with Crippen LogP contribution in [0.25, 0.3) is 0 Å². The molecule has 0 aromatic carbocycles. The molecule has 1 fully saturated rings. The first-order chi connectivity index (χ1) is 4.20. The lowest BCUT2D eigenvalue weighted by atomic mass is 10.7. The molecule has 1 aliphatic carbocycles. The van der Waals surface area contributed by atoms with Crippen LogP contribution >= 0.6 is 0 Å². The summed E-state index contributed by atoms with van der Waals surface area (Å²) in [5, 5.41) is 9.00. The summed E-state index contributed by atoms with van der Waals surface area (Å²) in [7, 11) is 0. The summed E-state index contributed by atoms with van der Waals surface area (Å²) >= 11 is -0.991. The largest absolute Gasteiger partial charge is 0.598 e. The van der Waals surface area contributed by atoms with Crippen LogP contribution in [0.5, 0.6) is 0 Å². The van der Waals surface area contributed by atoms with Crippen LogP contribution in [-0.2, 0) is 11.4 Å². The maximum Gasteiger partial charge on any atom is 0.144 e. The number of rotatable bonds is 3. The third-order valence-electron chi connectivity index (χ3n) is 1.11. The molecule has 1 aliphatic rings. The molecule has 2 atom stereocenters. The van der Waals surface area contributed by atoms with Crippen LogP contribution in [0.2, 0.25) is 0 Å². The van der Waals surface area contributed by atoms with Crippen LogP contribution < -0.4 is 4.72 Å². The fourth-order valence-electron chi connectivity index (χ4n) is 0.546. The molecule has 54 valence electrons. The molecule has 1 saturated carbocycles. The Kier molecular flexibility index (Phi) is 2.35. The maximum atomic E-state index is 10.9. The molecule has 1 rings (SSSR count). The van der Waals surface area contributed by atoms with Gasteiger partial charge in [0.2, 0.25) is 0 Å². The molecule has 0 heterocycles. The van der Waals surface area contributed by atoms with Gasteiger partial charge in [0, 0.05) is 24.2 Å². The second-order valence-corrected chi connectivity index (χ2v) is 3.79. The van der Waals surface area contributed by atoms with Gasteiger partial charge >= 0.3 is 0 Å². The summed E-state index contributed by atoms with van der Waals surface area (Å²) in [6.07, 6.45) is 1.42. The number of aliphatic hydroxyl groups is 1. The molecule has 0 aliphatic heterocycles. The van der Waals surface area contributed by atoms with Crippen LogP contribution in [-0.4, -0.2) is 21.1 Å². The predicted octanol–water partition coefficient (Wildman–Crippen LogP) is -0.260. The third kappa shape index (κ3) is 2.53. The Morgan fingerprint density at radius 2 is 2.33 bits per heavy atom. The van der Waals surface area contributed by atoms with Crippen molar-refractivity contribution in [2.75, 3.05) is 0 Å². The van der Waals surface area contributed by atoms with Crippen molar-refractivity contribution in [2.45, 2.75) is 31.2 Å². The summed E-state index contributed by atoms with van der Waals surface area (Å²) in [4.78, 5) is 0. The van der Waals surface area contributed by atoms with E-state index in [0.29, 0.717) is 5.25 Å². The molecule has 2 N–H and O–H groups in total. The van der Waals surface area contributed by atoms with Crippen LogP contribution in [0.15, 0.2) is 0 Å². The smallest absolute Gasteiger partial charge is 0.144 e. The molecule has 0 radical (unpaired) electrons. The predicted molar refractivity (Wildman–Crippen MR) is 36.0 cm³/mol. The molecule has 4 heteroatoms. The van der Waals surface area contributed by atoms with E-state index in [-0.39, 0.29) is 0 Å². The van der Waals surface area contributed by atoms with Crippen molar-refractivity contribution in [1.29, 1.82) is 0 Å². The molecule has 3 nitrogen and oxygen atoms in total. The lowest BCUT2D eigenvalue weighted by Gasteiger charge is -2.11. The standard InChI is InChI=1S/C5H11NO2S/c1-4(7)6-9(8)5-2-3-5/h4-7H,2-3H2,1H3/t4-,9+/m0/s1. The van der Waals surface area contributed by atoms with Crippen molar-refractivity contribution in [3.8, 4) is 0 Å². The van der Waals surface area contributed by atoms with Gasteiger partial charge in [-0.1, -0.05) is 0 Å². The molecule has 0 aromatic heterocycles. The summed E-state index contributed by atoms with van der Waals surface area (Å²) in [5.41, 5.74) is 0. The Hall–Kier alpha value is 0.230. The highest BCUT2D eigenvalue weighted by atomic mass is 32.2.